The Morgan fingerprint density at radius 1 is 0.810 bits per heavy atom. The van der Waals surface area contributed by atoms with E-state index in [0.29, 0.717) is 0 Å². The third kappa shape index (κ3) is 2.77. The van der Waals surface area contributed by atoms with Crippen LogP contribution in [0, 0.1) is 6.92 Å². The molecule has 0 fully saturated rings. The fourth-order valence-electron chi connectivity index (χ4n) is 2.22. The van der Waals surface area contributed by atoms with Crippen LogP contribution < -0.4 is 4.74 Å². The molecule has 0 aliphatic heterocycles. The summed E-state index contributed by atoms with van der Waals surface area (Å²) in [4.78, 5) is 0. The summed E-state index contributed by atoms with van der Waals surface area (Å²) in [5.74, 6) is 0.726. The maximum absolute atomic E-state index is 5.41. The monoisotopic (exact) mass is 276 g/mol. The normalized spacial score (nSPS) is 11.1. The lowest BCUT2D eigenvalue weighted by Crippen LogP contribution is -1.84. The predicted molar refractivity (Wildman–Crippen MR) is 85.9 cm³/mol. The van der Waals surface area contributed by atoms with Gasteiger partial charge < -0.3 is 4.74 Å². The molecule has 3 nitrogen and oxygen atoms in total. The zero-order chi connectivity index (χ0) is 14.7. The second-order valence-corrected chi connectivity index (χ2v) is 4.87. The van der Waals surface area contributed by atoms with Crippen LogP contribution in [0.1, 0.15) is 5.56 Å². The number of hydrogen-bond donors (Lipinski definition) is 0. The van der Waals surface area contributed by atoms with E-state index < -0.39 is 0 Å². The summed E-state index contributed by atoms with van der Waals surface area (Å²) in [6, 6.07) is 20.0. The van der Waals surface area contributed by atoms with Gasteiger partial charge in [-0.25, -0.2) is 0 Å². The summed E-state index contributed by atoms with van der Waals surface area (Å²) in [6.07, 6.45) is 0. The van der Waals surface area contributed by atoms with Gasteiger partial charge in [0.05, 0.1) is 12.8 Å². The van der Waals surface area contributed by atoms with E-state index in [1.807, 2.05) is 54.6 Å². The number of benzene rings is 3. The fourth-order valence-corrected chi connectivity index (χ4v) is 2.22. The maximum Gasteiger partial charge on any atom is 0.147 e. The molecular formula is C18H16N2O. The number of ether oxygens (including phenoxy) is 1. The van der Waals surface area contributed by atoms with Gasteiger partial charge in [0, 0.05) is 5.39 Å². The Balaban J connectivity index is 2.08. The van der Waals surface area contributed by atoms with Crippen LogP contribution in [0.25, 0.3) is 10.8 Å². The Kier molecular flexibility index (Phi) is 3.65. The Morgan fingerprint density at radius 3 is 2.33 bits per heavy atom. The molecule has 3 heteroatoms. The van der Waals surface area contributed by atoms with Crippen molar-refractivity contribution in [3.8, 4) is 5.75 Å². The van der Waals surface area contributed by atoms with Crippen molar-refractivity contribution in [3.05, 3.63) is 66.2 Å². The van der Waals surface area contributed by atoms with Crippen LogP contribution in [0.15, 0.2) is 70.9 Å². The van der Waals surface area contributed by atoms with Crippen molar-refractivity contribution in [2.45, 2.75) is 6.92 Å². The van der Waals surface area contributed by atoms with Gasteiger partial charge in [0.2, 0.25) is 0 Å². The van der Waals surface area contributed by atoms with Crippen molar-refractivity contribution in [2.75, 3.05) is 7.11 Å². The number of hydrogen-bond acceptors (Lipinski definition) is 3. The SMILES string of the molecule is COc1ccc2ccccc2c1N=Nc1ccc(C)cc1. The summed E-state index contributed by atoms with van der Waals surface area (Å²) in [6.45, 7) is 2.05. The Morgan fingerprint density at radius 2 is 1.57 bits per heavy atom. The first-order valence-corrected chi connectivity index (χ1v) is 6.82. The average Bonchev–Trinajstić information content (AvgIpc) is 2.54. The van der Waals surface area contributed by atoms with E-state index in [1.165, 1.54) is 5.56 Å². The predicted octanol–water partition coefficient (Wildman–Crippen LogP) is 5.57. The number of nitrogens with zero attached hydrogens (tertiary/aromatic N) is 2. The van der Waals surface area contributed by atoms with Crippen LogP contribution in [0.5, 0.6) is 5.75 Å². The molecule has 0 amide bonds. The molecule has 3 rings (SSSR count). The fraction of sp³-hybridized carbons (Fsp3) is 0.111. The Labute approximate surface area is 123 Å². The van der Waals surface area contributed by atoms with Gasteiger partial charge >= 0.3 is 0 Å². The smallest absolute Gasteiger partial charge is 0.147 e. The second-order valence-electron chi connectivity index (χ2n) is 4.87. The number of azo groups is 1. The first-order valence-electron chi connectivity index (χ1n) is 6.82. The molecule has 0 bridgehead atoms. The third-order valence-electron chi connectivity index (χ3n) is 3.38. The van der Waals surface area contributed by atoms with E-state index in [-0.39, 0.29) is 0 Å². The molecule has 104 valence electrons. The van der Waals surface area contributed by atoms with Crippen LogP contribution in [0.4, 0.5) is 11.4 Å². The minimum atomic E-state index is 0.726. The van der Waals surface area contributed by atoms with Crippen LogP contribution in [-0.4, -0.2) is 7.11 Å². The number of fused-ring (bicyclic) bond motifs is 1. The van der Waals surface area contributed by atoms with E-state index >= 15 is 0 Å². The second kappa shape index (κ2) is 5.75. The quantitative estimate of drug-likeness (QED) is 0.575. The van der Waals surface area contributed by atoms with Gasteiger partial charge in [-0.15, -0.1) is 5.11 Å². The lowest BCUT2D eigenvalue weighted by atomic mass is 10.1. The third-order valence-corrected chi connectivity index (χ3v) is 3.38. The van der Waals surface area contributed by atoms with Gasteiger partial charge in [0.25, 0.3) is 0 Å². The van der Waals surface area contributed by atoms with E-state index in [4.69, 9.17) is 4.74 Å². The minimum Gasteiger partial charge on any atom is -0.494 e. The molecule has 0 saturated carbocycles. The minimum absolute atomic E-state index is 0.726. The van der Waals surface area contributed by atoms with Crippen molar-refractivity contribution in [1.82, 2.24) is 0 Å². The molecular weight excluding hydrogens is 260 g/mol. The van der Waals surface area contributed by atoms with Gasteiger partial charge in [-0.1, -0.05) is 48.0 Å². The molecule has 0 radical (unpaired) electrons. The van der Waals surface area contributed by atoms with Gasteiger partial charge in [0.15, 0.2) is 0 Å². The first kappa shape index (κ1) is 13.3. The van der Waals surface area contributed by atoms with E-state index in [1.54, 1.807) is 7.11 Å². The average molecular weight is 276 g/mol. The molecule has 0 N–H and O–H groups in total. The lowest BCUT2D eigenvalue weighted by molar-refractivity contribution is 0.416. The molecule has 21 heavy (non-hydrogen) atoms. The maximum atomic E-state index is 5.41. The van der Waals surface area contributed by atoms with Gasteiger partial charge in [-0.2, -0.15) is 5.11 Å². The van der Waals surface area contributed by atoms with Crippen molar-refractivity contribution in [3.63, 3.8) is 0 Å². The van der Waals surface area contributed by atoms with Crippen molar-refractivity contribution in [1.29, 1.82) is 0 Å². The molecule has 0 aliphatic carbocycles. The van der Waals surface area contributed by atoms with Crippen LogP contribution in [-0.2, 0) is 0 Å². The van der Waals surface area contributed by atoms with E-state index in [2.05, 4.69) is 23.2 Å². The van der Waals surface area contributed by atoms with E-state index in [9.17, 15) is 0 Å². The van der Waals surface area contributed by atoms with Gasteiger partial charge in [0.1, 0.15) is 11.4 Å². The van der Waals surface area contributed by atoms with Crippen molar-refractivity contribution >= 4 is 22.1 Å². The molecule has 0 atom stereocenters. The molecule has 0 saturated heterocycles. The first-order chi connectivity index (χ1) is 10.3. The molecule has 0 aromatic heterocycles. The number of aryl methyl sites for hydroxylation is 1. The number of rotatable bonds is 3. The topological polar surface area (TPSA) is 34.0 Å². The highest BCUT2D eigenvalue weighted by Gasteiger charge is 2.07. The van der Waals surface area contributed by atoms with Crippen LogP contribution >= 0.6 is 0 Å². The van der Waals surface area contributed by atoms with Crippen LogP contribution in [0.2, 0.25) is 0 Å². The number of methoxy groups -OCH3 is 1. The summed E-state index contributed by atoms with van der Waals surface area (Å²) < 4.78 is 5.41. The van der Waals surface area contributed by atoms with E-state index in [0.717, 1.165) is 27.9 Å². The highest BCUT2D eigenvalue weighted by molar-refractivity contribution is 5.95. The van der Waals surface area contributed by atoms with Crippen LogP contribution in [0.3, 0.4) is 0 Å². The summed E-state index contributed by atoms with van der Waals surface area (Å²) in [5.41, 5.74) is 2.79. The summed E-state index contributed by atoms with van der Waals surface area (Å²) in [5, 5.41) is 10.9. The summed E-state index contributed by atoms with van der Waals surface area (Å²) >= 11 is 0. The van der Waals surface area contributed by atoms with Crippen molar-refractivity contribution < 1.29 is 4.74 Å². The Bertz CT molecular complexity index is 792. The standard InChI is InChI=1S/C18H16N2O/c1-13-7-10-15(11-8-13)19-20-18-16-6-4-3-5-14(16)9-12-17(18)21-2/h3-12H,1-2H3. The molecule has 0 unspecified atom stereocenters. The zero-order valence-corrected chi connectivity index (χ0v) is 12.1. The summed E-state index contributed by atoms with van der Waals surface area (Å²) in [7, 11) is 1.65. The Hall–Kier alpha value is -2.68. The largest absolute Gasteiger partial charge is 0.494 e. The molecule has 0 aliphatic rings. The molecule has 3 aromatic carbocycles. The zero-order valence-electron chi connectivity index (χ0n) is 12.1. The van der Waals surface area contributed by atoms with Gasteiger partial charge in [-0.05, 0) is 30.5 Å². The molecule has 0 heterocycles. The molecule has 0 spiro atoms. The van der Waals surface area contributed by atoms with Gasteiger partial charge in [-0.3, -0.25) is 0 Å². The van der Waals surface area contributed by atoms with Crippen molar-refractivity contribution in [2.24, 2.45) is 10.2 Å². The highest BCUT2D eigenvalue weighted by atomic mass is 16.5. The molecule has 3 aromatic rings. The lowest BCUT2D eigenvalue weighted by Gasteiger charge is -2.07. The highest BCUT2D eigenvalue weighted by Crippen LogP contribution is 2.36.